The first kappa shape index (κ1) is 24.7. The molecule has 1 fully saturated rings. The first-order valence-corrected chi connectivity index (χ1v) is 13.7. The Labute approximate surface area is 202 Å². The number of nitrogens with zero attached hydrogens (tertiary/aromatic N) is 2. The summed E-state index contributed by atoms with van der Waals surface area (Å²) in [5, 5.41) is 2.89. The number of nitrogens with one attached hydrogen (secondary N) is 1. The third-order valence-electron chi connectivity index (χ3n) is 6.80. The number of carbonyl (C=O) groups excluding carboxylic acids is 2. The van der Waals surface area contributed by atoms with E-state index < -0.39 is 10.0 Å². The Balaban J connectivity index is 1.47. The highest BCUT2D eigenvalue weighted by Crippen LogP contribution is 2.36. The van der Waals surface area contributed by atoms with Crippen LogP contribution in [0.3, 0.4) is 0 Å². The molecule has 2 heterocycles. The Morgan fingerprint density at radius 3 is 2.65 bits per heavy atom. The van der Waals surface area contributed by atoms with Gasteiger partial charge >= 0.3 is 0 Å². The molecule has 2 amide bonds. The highest BCUT2D eigenvalue weighted by atomic mass is 32.2. The Morgan fingerprint density at radius 2 is 1.94 bits per heavy atom. The summed E-state index contributed by atoms with van der Waals surface area (Å²) in [4.78, 5) is 26.7. The molecule has 2 unspecified atom stereocenters. The van der Waals surface area contributed by atoms with Crippen LogP contribution in [0.4, 0.5) is 5.69 Å². The van der Waals surface area contributed by atoms with Crippen LogP contribution < -0.4 is 15.0 Å². The van der Waals surface area contributed by atoms with Crippen molar-refractivity contribution in [1.82, 2.24) is 9.62 Å². The summed E-state index contributed by atoms with van der Waals surface area (Å²) in [6.45, 7) is 5.24. The number of piperidine rings is 1. The molecule has 0 radical (unpaired) electrons. The summed E-state index contributed by atoms with van der Waals surface area (Å²) in [5.41, 5.74) is 1.69. The molecule has 0 saturated carbocycles. The maximum absolute atomic E-state index is 13.4. The number of rotatable bonds is 7. The number of hydrogen-bond donors (Lipinski definition) is 1. The lowest BCUT2D eigenvalue weighted by Crippen LogP contribution is -2.45. The Hall–Kier alpha value is -2.39. The van der Waals surface area contributed by atoms with Gasteiger partial charge in [-0.3, -0.25) is 14.5 Å². The smallest absolute Gasteiger partial charge is 0.265 e. The van der Waals surface area contributed by atoms with Crippen molar-refractivity contribution < 1.29 is 22.7 Å². The van der Waals surface area contributed by atoms with Crippen LogP contribution >= 0.6 is 0 Å². The molecule has 0 aromatic heterocycles. The van der Waals surface area contributed by atoms with Crippen LogP contribution in [0.2, 0.25) is 0 Å². The van der Waals surface area contributed by atoms with E-state index in [1.165, 1.54) is 39.8 Å². The molecule has 186 valence electrons. The molecule has 2 atom stereocenters. The van der Waals surface area contributed by atoms with Gasteiger partial charge in [0.25, 0.3) is 5.91 Å². The second kappa shape index (κ2) is 10.5. The monoisotopic (exact) mass is 489 g/mol. The van der Waals surface area contributed by atoms with E-state index in [2.05, 4.69) is 25.2 Å². The number of ether oxygens (including phenoxy) is 1. The summed E-state index contributed by atoms with van der Waals surface area (Å²) in [6, 6.07) is 4.56. The molecule has 8 nitrogen and oxygen atoms in total. The SMILES string of the molecule is CC1CC(C)CN(S(=O)(=O)c2ccc3c(c2)N(CC(=O)NCCC2=CCCCC2)C(=O)CO3)C1. The Bertz CT molecular complexity index is 1060. The van der Waals surface area contributed by atoms with E-state index in [-0.39, 0.29) is 41.7 Å². The fourth-order valence-corrected chi connectivity index (χ4v) is 6.86. The topological polar surface area (TPSA) is 96.0 Å². The first-order valence-electron chi connectivity index (χ1n) is 12.3. The number of amides is 2. The van der Waals surface area contributed by atoms with Gasteiger partial charge in [0.05, 0.1) is 10.6 Å². The van der Waals surface area contributed by atoms with Crippen molar-refractivity contribution in [3.63, 3.8) is 0 Å². The molecule has 9 heteroatoms. The zero-order chi connectivity index (χ0) is 24.3. The number of fused-ring (bicyclic) bond motifs is 1. The first-order chi connectivity index (χ1) is 16.2. The van der Waals surface area contributed by atoms with Crippen molar-refractivity contribution in [3.05, 3.63) is 29.8 Å². The molecule has 34 heavy (non-hydrogen) atoms. The average Bonchev–Trinajstić information content (AvgIpc) is 2.80. The fourth-order valence-electron chi connectivity index (χ4n) is 5.16. The molecule has 4 rings (SSSR count). The second-order valence-electron chi connectivity index (χ2n) is 9.87. The number of anilines is 1. The predicted molar refractivity (Wildman–Crippen MR) is 130 cm³/mol. The zero-order valence-corrected chi connectivity index (χ0v) is 20.9. The molecule has 0 spiro atoms. The minimum absolute atomic E-state index is 0.112. The molecule has 1 N–H and O–H groups in total. The average molecular weight is 490 g/mol. The van der Waals surface area contributed by atoms with Crippen molar-refractivity contribution >= 4 is 27.5 Å². The highest BCUT2D eigenvalue weighted by Gasteiger charge is 2.34. The zero-order valence-electron chi connectivity index (χ0n) is 20.1. The van der Waals surface area contributed by atoms with Crippen molar-refractivity contribution in [2.75, 3.05) is 37.7 Å². The van der Waals surface area contributed by atoms with Crippen LogP contribution in [-0.4, -0.2) is 57.3 Å². The third kappa shape index (κ3) is 5.63. The minimum atomic E-state index is -3.72. The van der Waals surface area contributed by atoms with E-state index in [9.17, 15) is 18.0 Å². The van der Waals surface area contributed by atoms with Crippen LogP contribution in [0.1, 0.15) is 52.4 Å². The number of allylic oxidation sites excluding steroid dienone is 1. The van der Waals surface area contributed by atoms with Crippen molar-refractivity contribution in [2.24, 2.45) is 11.8 Å². The van der Waals surface area contributed by atoms with E-state index in [0.717, 1.165) is 25.7 Å². The largest absolute Gasteiger partial charge is 0.482 e. The lowest BCUT2D eigenvalue weighted by Gasteiger charge is -2.34. The van der Waals surface area contributed by atoms with Crippen LogP contribution in [0, 0.1) is 11.8 Å². The quantitative estimate of drug-likeness (QED) is 0.594. The van der Waals surface area contributed by atoms with Gasteiger partial charge in [-0.05, 0) is 68.6 Å². The molecule has 3 aliphatic rings. The van der Waals surface area contributed by atoms with E-state index >= 15 is 0 Å². The van der Waals surface area contributed by atoms with Gasteiger partial charge in [0.1, 0.15) is 12.3 Å². The van der Waals surface area contributed by atoms with Crippen LogP contribution in [0.15, 0.2) is 34.7 Å². The minimum Gasteiger partial charge on any atom is -0.482 e. The highest BCUT2D eigenvalue weighted by molar-refractivity contribution is 7.89. The number of sulfonamides is 1. The summed E-state index contributed by atoms with van der Waals surface area (Å²) in [5.74, 6) is 0.326. The standard InChI is InChI=1S/C25H35N3O5S/c1-18-12-19(2)15-27(14-18)34(31,32)21-8-9-23-22(13-21)28(25(30)17-33-23)16-24(29)26-11-10-20-6-4-3-5-7-20/h6,8-9,13,18-19H,3-5,7,10-12,14-17H2,1-2H3,(H,26,29). The number of benzene rings is 1. The van der Waals surface area contributed by atoms with Gasteiger partial charge in [0.2, 0.25) is 15.9 Å². The Morgan fingerprint density at radius 1 is 1.18 bits per heavy atom. The third-order valence-corrected chi connectivity index (χ3v) is 8.63. The molecular formula is C25H35N3O5S. The van der Waals surface area contributed by atoms with Crippen LogP contribution in [0.5, 0.6) is 5.75 Å². The molecular weight excluding hydrogens is 454 g/mol. The van der Waals surface area contributed by atoms with Gasteiger partial charge in [0, 0.05) is 19.6 Å². The molecule has 1 aliphatic carbocycles. The van der Waals surface area contributed by atoms with Gasteiger partial charge in [-0.2, -0.15) is 4.31 Å². The lowest BCUT2D eigenvalue weighted by molar-refractivity contribution is -0.125. The van der Waals surface area contributed by atoms with Gasteiger partial charge in [-0.1, -0.05) is 25.5 Å². The van der Waals surface area contributed by atoms with Gasteiger partial charge < -0.3 is 10.1 Å². The second-order valence-corrected chi connectivity index (χ2v) is 11.8. The lowest BCUT2D eigenvalue weighted by atomic mass is 9.94. The van der Waals surface area contributed by atoms with Gasteiger partial charge in [-0.25, -0.2) is 8.42 Å². The summed E-state index contributed by atoms with van der Waals surface area (Å²) >= 11 is 0. The number of hydrogen-bond acceptors (Lipinski definition) is 5. The molecule has 1 aromatic rings. The fraction of sp³-hybridized carbons (Fsp3) is 0.600. The van der Waals surface area contributed by atoms with Gasteiger partial charge in [-0.15, -0.1) is 0 Å². The molecule has 0 bridgehead atoms. The molecule has 1 aromatic carbocycles. The van der Waals surface area contributed by atoms with E-state index in [1.807, 2.05) is 0 Å². The summed E-state index contributed by atoms with van der Waals surface area (Å²) in [6.07, 6.45) is 8.66. The number of carbonyl (C=O) groups is 2. The van der Waals surface area contributed by atoms with Gasteiger partial charge in [0.15, 0.2) is 6.61 Å². The molecule has 1 saturated heterocycles. The van der Waals surface area contributed by atoms with E-state index in [1.54, 1.807) is 6.07 Å². The van der Waals surface area contributed by atoms with E-state index in [4.69, 9.17) is 4.74 Å². The summed E-state index contributed by atoms with van der Waals surface area (Å²) in [7, 11) is -3.72. The Kier molecular flexibility index (Phi) is 7.62. The van der Waals surface area contributed by atoms with Crippen molar-refractivity contribution in [1.29, 1.82) is 0 Å². The predicted octanol–water partition coefficient (Wildman–Crippen LogP) is 3.09. The normalized spacial score (nSPS) is 23.6. The summed E-state index contributed by atoms with van der Waals surface area (Å²) < 4.78 is 33.8. The van der Waals surface area contributed by atoms with Crippen LogP contribution in [0.25, 0.3) is 0 Å². The molecule has 2 aliphatic heterocycles. The maximum Gasteiger partial charge on any atom is 0.265 e. The van der Waals surface area contributed by atoms with Crippen molar-refractivity contribution in [3.8, 4) is 5.75 Å². The van der Waals surface area contributed by atoms with Crippen molar-refractivity contribution in [2.45, 2.75) is 57.3 Å². The maximum atomic E-state index is 13.4. The van der Waals surface area contributed by atoms with Crippen LogP contribution in [-0.2, 0) is 19.6 Å². The van der Waals surface area contributed by atoms with E-state index in [0.29, 0.717) is 31.1 Å².